The maximum Gasteiger partial charge on any atom is 0.391 e. The molecular formula is C16H27F3. The number of rotatable bonds is 3. The van der Waals surface area contributed by atoms with Crippen LogP contribution in [0.15, 0.2) is 0 Å². The zero-order valence-electron chi connectivity index (χ0n) is 12.0. The second-order valence-corrected chi connectivity index (χ2v) is 6.72. The quantitative estimate of drug-likeness (QED) is 0.596. The first kappa shape index (κ1) is 15.2. The van der Waals surface area contributed by atoms with Crippen molar-refractivity contribution < 1.29 is 13.2 Å². The Morgan fingerprint density at radius 3 is 1.68 bits per heavy atom. The molecule has 0 spiro atoms. The predicted molar refractivity (Wildman–Crippen MR) is 71.9 cm³/mol. The molecule has 0 aliphatic heterocycles. The lowest BCUT2D eigenvalue weighted by molar-refractivity contribution is -0.185. The van der Waals surface area contributed by atoms with Crippen molar-refractivity contribution in [2.75, 3.05) is 0 Å². The van der Waals surface area contributed by atoms with Crippen molar-refractivity contribution in [2.45, 2.75) is 77.3 Å². The highest BCUT2D eigenvalue weighted by molar-refractivity contribution is 4.83. The Morgan fingerprint density at radius 2 is 1.26 bits per heavy atom. The van der Waals surface area contributed by atoms with E-state index >= 15 is 0 Å². The van der Waals surface area contributed by atoms with Crippen molar-refractivity contribution >= 4 is 0 Å². The highest BCUT2D eigenvalue weighted by Gasteiger charge is 2.42. The summed E-state index contributed by atoms with van der Waals surface area (Å²) in [6, 6.07) is 0. The van der Waals surface area contributed by atoms with Crippen LogP contribution in [0.2, 0.25) is 0 Å². The van der Waals surface area contributed by atoms with Crippen LogP contribution in [0.25, 0.3) is 0 Å². The van der Waals surface area contributed by atoms with E-state index in [0.717, 1.165) is 24.7 Å². The van der Waals surface area contributed by atoms with Gasteiger partial charge >= 0.3 is 6.18 Å². The molecular weight excluding hydrogens is 249 g/mol. The van der Waals surface area contributed by atoms with Gasteiger partial charge in [0.05, 0.1) is 5.92 Å². The first-order valence-corrected chi connectivity index (χ1v) is 8.07. The molecule has 0 N–H and O–H groups in total. The van der Waals surface area contributed by atoms with Crippen molar-refractivity contribution in [1.82, 2.24) is 0 Å². The van der Waals surface area contributed by atoms with Gasteiger partial charge in [-0.1, -0.05) is 32.6 Å². The van der Waals surface area contributed by atoms with Gasteiger partial charge in [0.1, 0.15) is 0 Å². The van der Waals surface area contributed by atoms with Gasteiger partial charge in [-0.05, 0) is 56.3 Å². The van der Waals surface area contributed by atoms with Crippen molar-refractivity contribution in [2.24, 2.45) is 23.7 Å². The summed E-state index contributed by atoms with van der Waals surface area (Å²) >= 11 is 0. The maximum atomic E-state index is 12.6. The SMILES string of the molecule is CCC[C@H]1CC[C@H]([C@H]2CC[C@H](C(F)(F)F)CC2)CC1. The average molecular weight is 276 g/mol. The van der Waals surface area contributed by atoms with Crippen molar-refractivity contribution in [3.8, 4) is 0 Å². The Labute approximate surface area is 115 Å². The first-order chi connectivity index (χ1) is 9.00. The summed E-state index contributed by atoms with van der Waals surface area (Å²) in [5, 5.41) is 0. The van der Waals surface area contributed by atoms with E-state index in [1.54, 1.807) is 0 Å². The summed E-state index contributed by atoms with van der Waals surface area (Å²) in [6.07, 6.45) is 6.21. The van der Waals surface area contributed by atoms with Crippen LogP contribution in [0.5, 0.6) is 0 Å². The minimum Gasteiger partial charge on any atom is -0.171 e. The summed E-state index contributed by atoms with van der Waals surface area (Å²) in [4.78, 5) is 0. The second-order valence-electron chi connectivity index (χ2n) is 6.72. The topological polar surface area (TPSA) is 0 Å². The van der Waals surface area contributed by atoms with Gasteiger partial charge in [0.15, 0.2) is 0 Å². The molecule has 2 saturated carbocycles. The standard InChI is InChI=1S/C16H27F3/c1-2-3-12-4-6-13(7-5-12)14-8-10-15(11-9-14)16(17,18)19/h12-15H,2-11H2,1H3/t12-,13-,14-,15-. The average Bonchev–Trinajstić information content (AvgIpc) is 2.39. The third-order valence-electron chi connectivity index (χ3n) is 5.49. The van der Waals surface area contributed by atoms with Crippen molar-refractivity contribution in [3.05, 3.63) is 0 Å². The summed E-state index contributed by atoms with van der Waals surface area (Å²) < 4.78 is 37.9. The van der Waals surface area contributed by atoms with E-state index in [1.807, 2.05) is 0 Å². The summed E-state index contributed by atoms with van der Waals surface area (Å²) in [5.74, 6) is 1.19. The highest BCUT2D eigenvalue weighted by Crippen LogP contribution is 2.45. The fraction of sp³-hybridized carbons (Fsp3) is 1.00. The molecule has 19 heavy (non-hydrogen) atoms. The van der Waals surface area contributed by atoms with Gasteiger partial charge in [0.2, 0.25) is 0 Å². The minimum atomic E-state index is -3.95. The summed E-state index contributed by atoms with van der Waals surface area (Å²) in [6.45, 7) is 2.24. The fourth-order valence-electron chi connectivity index (χ4n) is 4.27. The van der Waals surface area contributed by atoms with Gasteiger partial charge in [-0.25, -0.2) is 0 Å². The smallest absolute Gasteiger partial charge is 0.171 e. The summed E-state index contributed by atoms with van der Waals surface area (Å²) in [5.41, 5.74) is 0. The van der Waals surface area contributed by atoms with Crippen LogP contribution < -0.4 is 0 Å². The van der Waals surface area contributed by atoms with Crippen molar-refractivity contribution in [1.29, 1.82) is 0 Å². The molecule has 0 bridgehead atoms. The molecule has 0 aromatic heterocycles. The van der Waals surface area contributed by atoms with E-state index in [2.05, 4.69) is 6.92 Å². The fourth-order valence-corrected chi connectivity index (χ4v) is 4.27. The summed E-state index contributed by atoms with van der Waals surface area (Å²) in [7, 11) is 0. The van der Waals surface area contributed by atoms with Gasteiger partial charge < -0.3 is 0 Å². The third kappa shape index (κ3) is 4.13. The maximum absolute atomic E-state index is 12.6. The van der Waals surface area contributed by atoms with E-state index in [1.165, 1.54) is 38.5 Å². The molecule has 2 fully saturated rings. The first-order valence-electron chi connectivity index (χ1n) is 8.07. The molecule has 3 heteroatoms. The Morgan fingerprint density at radius 1 is 0.789 bits per heavy atom. The van der Waals surface area contributed by atoms with Gasteiger partial charge in [-0.15, -0.1) is 0 Å². The van der Waals surface area contributed by atoms with Crippen LogP contribution in [-0.4, -0.2) is 6.18 Å². The lowest BCUT2D eigenvalue weighted by atomic mass is 9.68. The molecule has 0 radical (unpaired) electrons. The van der Waals surface area contributed by atoms with Crippen molar-refractivity contribution in [3.63, 3.8) is 0 Å². The van der Waals surface area contributed by atoms with Crippen LogP contribution in [0.1, 0.15) is 71.1 Å². The number of alkyl halides is 3. The zero-order chi connectivity index (χ0) is 13.9. The highest BCUT2D eigenvalue weighted by atomic mass is 19.4. The lowest BCUT2D eigenvalue weighted by Gasteiger charge is -2.38. The van der Waals surface area contributed by atoms with Crippen LogP contribution in [0.3, 0.4) is 0 Å². The van der Waals surface area contributed by atoms with Crippen LogP contribution in [0, 0.1) is 23.7 Å². The van der Waals surface area contributed by atoms with Gasteiger partial charge in [-0.3, -0.25) is 0 Å². The normalized spacial score (nSPS) is 37.3. The minimum absolute atomic E-state index is 0.378. The van der Waals surface area contributed by atoms with E-state index in [0.29, 0.717) is 18.8 Å². The predicted octanol–water partition coefficient (Wildman–Crippen LogP) is 5.96. The van der Waals surface area contributed by atoms with Crippen LogP contribution in [-0.2, 0) is 0 Å². The largest absolute Gasteiger partial charge is 0.391 e. The molecule has 0 aromatic rings. The Balaban J connectivity index is 1.74. The molecule has 2 aliphatic rings. The number of halogens is 3. The molecule has 0 aromatic carbocycles. The zero-order valence-corrected chi connectivity index (χ0v) is 12.0. The second kappa shape index (κ2) is 6.49. The molecule has 0 unspecified atom stereocenters. The molecule has 2 aliphatic carbocycles. The molecule has 2 rings (SSSR count). The molecule has 0 saturated heterocycles. The van der Waals surface area contributed by atoms with E-state index in [-0.39, 0.29) is 0 Å². The lowest BCUT2D eigenvalue weighted by Crippen LogP contribution is -2.31. The van der Waals surface area contributed by atoms with E-state index < -0.39 is 12.1 Å². The Bertz CT molecular complexity index is 256. The van der Waals surface area contributed by atoms with Gasteiger partial charge in [0, 0.05) is 0 Å². The molecule has 0 atom stereocenters. The molecule has 112 valence electrons. The monoisotopic (exact) mass is 276 g/mol. The van der Waals surface area contributed by atoms with Crippen LogP contribution in [0.4, 0.5) is 13.2 Å². The number of hydrogen-bond acceptors (Lipinski definition) is 0. The Kier molecular flexibility index (Phi) is 5.19. The third-order valence-corrected chi connectivity index (χ3v) is 5.49. The molecule has 0 nitrogen and oxygen atoms in total. The number of hydrogen-bond donors (Lipinski definition) is 0. The Hall–Kier alpha value is -0.210. The van der Waals surface area contributed by atoms with Gasteiger partial charge in [0.25, 0.3) is 0 Å². The van der Waals surface area contributed by atoms with Gasteiger partial charge in [-0.2, -0.15) is 13.2 Å². The molecule has 0 amide bonds. The van der Waals surface area contributed by atoms with E-state index in [9.17, 15) is 13.2 Å². The van der Waals surface area contributed by atoms with Crippen LogP contribution >= 0.6 is 0 Å². The van der Waals surface area contributed by atoms with E-state index in [4.69, 9.17) is 0 Å². The molecule has 0 heterocycles.